The Bertz CT molecular complexity index is 2940. The highest BCUT2D eigenvalue weighted by Crippen LogP contribution is 2.39. The summed E-state index contributed by atoms with van der Waals surface area (Å²) in [5, 5.41) is 14.1. The van der Waals surface area contributed by atoms with Crippen LogP contribution in [0.25, 0.3) is 0 Å². The van der Waals surface area contributed by atoms with Crippen LogP contribution in [0.15, 0.2) is 218 Å². The third-order valence-corrected chi connectivity index (χ3v) is 26.0. The molecule has 8 aromatic carbocycles. The van der Waals surface area contributed by atoms with E-state index in [4.69, 9.17) is 30.1 Å². The minimum Gasteiger partial charge on any atom is -0.488 e. The average Bonchev–Trinajstić information content (AvgIpc) is 3.66. The molecule has 0 spiro atoms. The smallest absolute Gasteiger partial charge is 0.261 e. The molecule has 0 radical (unpaired) electrons. The van der Waals surface area contributed by atoms with Crippen LogP contribution in [0.2, 0.25) is 10.1 Å². The number of benzene rings is 8. The number of carbonyl (C=O) groups excluding carboxylic acids is 2. The van der Waals surface area contributed by atoms with E-state index >= 15 is 0 Å². The number of hydrogen-bond donors (Lipinski definition) is 1. The number of aliphatic hydroxyl groups excluding tert-OH is 1. The summed E-state index contributed by atoms with van der Waals surface area (Å²) in [5.41, 5.74) is 5.04. The first-order chi connectivity index (χ1) is 37.0. The van der Waals surface area contributed by atoms with Gasteiger partial charge in [-0.25, -0.2) is 0 Å². The lowest BCUT2D eigenvalue weighted by atomic mass is 10.2. The zero-order chi connectivity index (χ0) is 55.3. The Morgan fingerprint density at radius 2 is 0.808 bits per heavy atom. The van der Waals surface area contributed by atoms with Crippen molar-refractivity contribution in [2.75, 3.05) is 50.2 Å². The van der Waals surface area contributed by atoms with Gasteiger partial charge in [0, 0.05) is 50.7 Å². The molecule has 0 unspecified atom stereocenters. The molecule has 8 nitrogen and oxygen atoms in total. The monoisotopic (exact) mass is 1100 g/mol. The summed E-state index contributed by atoms with van der Waals surface area (Å²) < 4.78 is 18.9. The molecule has 8 aromatic rings. The molecule has 1 N–H and O–H groups in total. The molecular weight excluding hydrogens is 1020 g/mol. The van der Waals surface area contributed by atoms with Crippen molar-refractivity contribution < 1.29 is 28.6 Å². The molecule has 0 aliphatic heterocycles. The lowest BCUT2D eigenvalue weighted by Gasteiger charge is -2.43. The molecule has 0 saturated heterocycles. The highest BCUT2D eigenvalue weighted by atomic mass is 35.6. The number of aldehydes is 2. The summed E-state index contributed by atoms with van der Waals surface area (Å²) in [4.78, 5) is 26.8. The molecule has 0 aliphatic rings. The maximum atomic E-state index is 11.7. The van der Waals surface area contributed by atoms with E-state index in [0.717, 1.165) is 35.1 Å². The minimum atomic E-state index is -2.59. The Morgan fingerprint density at radius 1 is 0.474 bits per heavy atom. The molecule has 0 aromatic heterocycles. The van der Waals surface area contributed by atoms with Crippen molar-refractivity contribution in [3.8, 4) is 11.5 Å². The van der Waals surface area contributed by atoms with Crippen LogP contribution in [0.5, 0.6) is 11.5 Å². The van der Waals surface area contributed by atoms with Crippen LogP contribution in [0.4, 0.5) is 11.4 Å². The third kappa shape index (κ3) is 16.0. The van der Waals surface area contributed by atoms with Crippen LogP contribution in [0.1, 0.15) is 80.8 Å². The van der Waals surface area contributed by atoms with Crippen LogP contribution in [-0.2, 0) is 17.6 Å². The lowest BCUT2D eigenvalue weighted by Crippen LogP contribution is -2.67. The molecule has 8 rings (SSSR count). The Balaban J connectivity index is 0.000000236. The fraction of sp³-hybridized carbons (Fsp3) is 0.254. The molecule has 0 heterocycles. The average molecular weight is 1100 g/mol. The second kappa shape index (κ2) is 29.6. The van der Waals surface area contributed by atoms with Crippen molar-refractivity contribution in [1.29, 1.82) is 0 Å². The van der Waals surface area contributed by atoms with Crippen LogP contribution >= 0.6 is 11.1 Å². The van der Waals surface area contributed by atoms with Crippen LogP contribution in [-0.4, -0.2) is 73.8 Å². The maximum absolute atomic E-state index is 11.7. The molecule has 408 valence electrons. The van der Waals surface area contributed by atoms with Gasteiger partial charge in [-0.1, -0.05) is 231 Å². The number of rotatable bonds is 20. The first-order valence-corrected chi connectivity index (χ1v) is 31.1. The number of carbonyl (C=O) groups is 2. The van der Waals surface area contributed by atoms with Crippen molar-refractivity contribution in [3.63, 3.8) is 0 Å². The molecule has 0 bridgehead atoms. The summed E-state index contributed by atoms with van der Waals surface area (Å²) in [6.45, 7) is 16.3. The van der Waals surface area contributed by atoms with E-state index in [1.165, 1.54) is 20.7 Å². The summed E-state index contributed by atoms with van der Waals surface area (Å²) >= 11 is 7.21. The Labute approximate surface area is 472 Å². The standard InChI is InChI=1S/C33H37NO3Si.C17H19NO3.C16H19ClSi.CH4/c1-33(2,3)38(30-16-10-6-11-17-30,31-18-12-7-13-19-31)37-23-22-34(4)29-21-20-28(25-35)32(24-29)36-26-27-14-8-5-9-15-27;1-18(9-10-19)16-8-7-15(12-20)17(11-16)21-13-14-5-3-2-4-6-14;1-16(2,3)18(17,14-10-6-4-7-11-14)15-12-8-5-9-13-15;/h5-21,24-25H,22-23,26H2,1-4H3;2-8,11-12,19H,9-10,13H2,1H3;4-13H,1-3H3;1H4. The van der Waals surface area contributed by atoms with Crippen LogP contribution in [0, 0.1) is 0 Å². The predicted octanol–water partition coefficient (Wildman–Crippen LogP) is 13.0. The van der Waals surface area contributed by atoms with E-state index < -0.39 is 15.7 Å². The van der Waals surface area contributed by atoms with Crippen molar-refractivity contribution in [1.82, 2.24) is 0 Å². The van der Waals surface area contributed by atoms with Gasteiger partial charge in [0.25, 0.3) is 8.32 Å². The van der Waals surface area contributed by atoms with Crippen molar-refractivity contribution in [2.45, 2.75) is 72.3 Å². The lowest BCUT2D eigenvalue weighted by molar-refractivity contribution is 0.111. The second-order valence-corrected chi connectivity index (χ2v) is 30.9. The van der Waals surface area contributed by atoms with Gasteiger partial charge >= 0.3 is 0 Å². The highest BCUT2D eigenvalue weighted by molar-refractivity contribution is 7.35. The molecule has 0 amide bonds. The molecule has 0 aliphatic carbocycles. The Hall–Kier alpha value is -7.06. The Kier molecular flexibility index (Phi) is 23.5. The van der Waals surface area contributed by atoms with Gasteiger partial charge in [-0.2, -0.15) is 11.1 Å². The van der Waals surface area contributed by atoms with Crippen molar-refractivity contribution in [3.05, 3.63) is 241 Å². The third-order valence-electron chi connectivity index (χ3n) is 13.6. The van der Waals surface area contributed by atoms with Gasteiger partial charge in [-0.15, -0.1) is 0 Å². The van der Waals surface area contributed by atoms with Gasteiger partial charge in [-0.05, 0) is 66.2 Å². The molecular formula is C67H79ClN2O6Si2. The number of anilines is 2. The molecule has 0 fully saturated rings. The van der Waals surface area contributed by atoms with Gasteiger partial charge in [0.2, 0.25) is 7.38 Å². The van der Waals surface area contributed by atoms with Gasteiger partial charge in [0.05, 0.1) is 24.3 Å². The largest absolute Gasteiger partial charge is 0.488 e. The summed E-state index contributed by atoms with van der Waals surface area (Å²) in [7, 11) is -0.892. The van der Waals surface area contributed by atoms with Crippen LogP contribution < -0.4 is 40.0 Å². The zero-order valence-electron chi connectivity index (χ0n) is 45.9. The maximum Gasteiger partial charge on any atom is 0.261 e. The SMILES string of the molecule is C.CC(C)(C)[Si](Cl)(c1ccccc1)c1ccccc1.CN(CCO)c1ccc(C=O)c(OCc2ccccc2)c1.CN(CCO[Si](c1ccccc1)(c1ccccc1)C(C)(C)C)c1ccc(C=O)c(OCc2ccccc2)c1. The summed E-state index contributed by atoms with van der Waals surface area (Å²) in [5.74, 6) is 1.14. The molecule has 11 heteroatoms. The number of hydrogen-bond acceptors (Lipinski definition) is 8. The summed E-state index contributed by atoms with van der Waals surface area (Å²) in [6.07, 6.45) is 1.63. The molecule has 78 heavy (non-hydrogen) atoms. The first-order valence-electron chi connectivity index (χ1n) is 26.2. The topological polar surface area (TPSA) is 88.5 Å². The van der Waals surface area contributed by atoms with Crippen LogP contribution in [0.3, 0.4) is 0 Å². The number of likely N-dealkylation sites (N-methyl/N-ethyl adjacent to an activating group) is 2. The van der Waals surface area contributed by atoms with E-state index in [1.54, 1.807) is 6.07 Å². The number of aliphatic hydroxyl groups is 1. The zero-order valence-corrected chi connectivity index (χ0v) is 48.7. The van der Waals surface area contributed by atoms with Crippen molar-refractivity contribution in [2.24, 2.45) is 0 Å². The number of nitrogens with zero attached hydrogens (tertiary/aromatic N) is 2. The summed E-state index contributed by atoms with van der Waals surface area (Å²) in [6, 6.07) is 73.3. The van der Waals surface area contributed by atoms with Gasteiger partial charge in [0.15, 0.2) is 12.6 Å². The van der Waals surface area contributed by atoms with Gasteiger partial charge < -0.3 is 28.8 Å². The van der Waals surface area contributed by atoms with Gasteiger partial charge in [-0.3, -0.25) is 9.59 Å². The molecule has 0 atom stereocenters. The quantitative estimate of drug-likeness (QED) is 0.0459. The predicted molar refractivity (Wildman–Crippen MR) is 333 cm³/mol. The minimum absolute atomic E-state index is 0. The fourth-order valence-corrected chi connectivity index (χ4v) is 18.0. The normalized spacial score (nSPS) is 11.3. The van der Waals surface area contributed by atoms with Crippen molar-refractivity contribution >= 4 is 71.5 Å². The van der Waals surface area contributed by atoms with E-state index in [0.29, 0.717) is 55.5 Å². The van der Waals surface area contributed by atoms with E-state index in [-0.39, 0.29) is 24.1 Å². The van der Waals surface area contributed by atoms with E-state index in [1.807, 2.05) is 122 Å². The Morgan fingerprint density at radius 3 is 1.13 bits per heavy atom. The van der Waals surface area contributed by atoms with E-state index in [2.05, 4.69) is 156 Å². The highest BCUT2D eigenvalue weighted by Gasteiger charge is 2.50. The first kappa shape index (κ1) is 61.8. The molecule has 0 saturated carbocycles. The fourth-order valence-electron chi connectivity index (χ4n) is 9.31. The number of ether oxygens (including phenoxy) is 2. The second-order valence-electron chi connectivity index (χ2n) is 20.9. The van der Waals surface area contributed by atoms with E-state index in [9.17, 15) is 9.59 Å². The number of halogens is 1. The van der Waals surface area contributed by atoms with Gasteiger partial charge in [0.1, 0.15) is 24.7 Å².